The van der Waals surface area contributed by atoms with E-state index in [4.69, 9.17) is 0 Å². The number of nitriles is 1. The molecule has 0 unspecified atom stereocenters. The van der Waals surface area contributed by atoms with Gasteiger partial charge in [0.05, 0.1) is 11.7 Å². The van der Waals surface area contributed by atoms with E-state index < -0.39 is 11.2 Å². The number of hydrogen-bond acceptors (Lipinski definition) is 7. The first-order chi connectivity index (χ1) is 13.9. The minimum atomic E-state index is -0.536. The van der Waals surface area contributed by atoms with Crippen LogP contribution in [-0.2, 0) is 11.2 Å². The number of aryl methyl sites for hydroxylation is 2. The van der Waals surface area contributed by atoms with Gasteiger partial charge in [-0.05, 0) is 38.2 Å². The van der Waals surface area contributed by atoms with E-state index in [1.807, 2.05) is 11.8 Å². The minimum Gasteiger partial charge on any atom is -0.359 e. The van der Waals surface area contributed by atoms with Gasteiger partial charge in [0.2, 0.25) is 5.91 Å². The fraction of sp³-hybridized carbons (Fsp3) is 0.526. The molecule has 2 atom stereocenters. The summed E-state index contributed by atoms with van der Waals surface area (Å²) in [5.41, 5.74) is 1.35. The van der Waals surface area contributed by atoms with E-state index >= 15 is 0 Å². The van der Waals surface area contributed by atoms with E-state index in [1.165, 1.54) is 11.5 Å². The Labute approximate surface area is 171 Å². The van der Waals surface area contributed by atoms with E-state index in [-0.39, 0.29) is 18.4 Å². The third-order valence-corrected chi connectivity index (χ3v) is 6.96. The Morgan fingerprint density at radius 3 is 2.83 bits per heavy atom. The molecular formula is C19H22N6O3S. The van der Waals surface area contributed by atoms with Gasteiger partial charge in [-0.25, -0.2) is 4.79 Å². The summed E-state index contributed by atoms with van der Waals surface area (Å²) in [6.07, 6.45) is 1.45. The van der Waals surface area contributed by atoms with E-state index in [0.29, 0.717) is 35.7 Å². The van der Waals surface area contributed by atoms with Crippen molar-refractivity contribution in [1.82, 2.24) is 19.2 Å². The van der Waals surface area contributed by atoms with Crippen LogP contribution < -0.4 is 16.1 Å². The van der Waals surface area contributed by atoms with Crippen molar-refractivity contribution >= 4 is 22.4 Å². The minimum absolute atomic E-state index is 0.0188. The molecule has 2 aromatic rings. The molecule has 10 heteroatoms. The highest BCUT2D eigenvalue weighted by atomic mass is 32.1. The quantitative estimate of drug-likeness (QED) is 0.758. The second-order valence-corrected chi connectivity index (χ2v) is 8.43. The highest BCUT2D eigenvalue weighted by Gasteiger charge is 2.44. The average Bonchev–Trinajstić information content (AvgIpc) is 3.33. The van der Waals surface area contributed by atoms with Gasteiger partial charge < -0.3 is 14.8 Å². The Hall–Kier alpha value is -2.93. The molecule has 29 heavy (non-hydrogen) atoms. The Morgan fingerprint density at radius 2 is 2.10 bits per heavy atom. The van der Waals surface area contributed by atoms with Gasteiger partial charge in [-0.3, -0.25) is 14.6 Å². The first kappa shape index (κ1) is 19.4. The first-order valence-corrected chi connectivity index (χ1v) is 10.4. The molecule has 0 radical (unpaired) electrons. The molecular weight excluding hydrogens is 392 g/mol. The number of hydrogen-bond donors (Lipinski definition) is 2. The number of anilines is 1. The maximum absolute atomic E-state index is 12.9. The number of rotatable bonds is 4. The molecule has 2 aliphatic rings. The molecule has 0 aromatic carbocycles. The van der Waals surface area contributed by atoms with Gasteiger partial charge in [0.25, 0.3) is 5.56 Å². The van der Waals surface area contributed by atoms with Crippen molar-refractivity contribution in [3.63, 3.8) is 0 Å². The van der Waals surface area contributed by atoms with Crippen molar-refractivity contribution in [3.8, 4) is 6.07 Å². The molecule has 2 saturated heterocycles. The molecule has 2 N–H and O–H groups in total. The smallest absolute Gasteiger partial charge is 0.325 e. The van der Waals surface area contributed by atoms with Crippen molar-refractivity contribution in [2.24, 2.45) is 5.92 Å². The Balaban J connectivity index is 1.44. The lowest BCUT2D eigenvalue weighted by atomic mass is 10.0. The first-order valence-electron chi connectivity index (χ1n) is 9.62. The average molecular weight is 414 g/mol. The maximum atomic E-state index is 12.9. The number of likely N-dealkylation sites (tertiary alicyclic amines) is 1. The Morgan fingerprint density at radius 1 is 1.31 bits per heavy atom. The number of amides is 1. The van der Waals surface area contributed by atoms with Crippen LogP contribution in [0.3, 0.4) is 0 Å². The SMILES string of the molecule is Cc1nsc(N2C[C@@H]3CCN(C(=O)CCc4c(C)[nH]c(=O)[nH]c4=O)[C@@H]3C2)c1C#N. The molecule has 0 aliphatic carbocycles. The lowest BCUT2D eigenvalue weighted by Crippen LogP contribution is -2.40. The predicted molar refractivity (Wildman–Crippen MR) is 108 cm³/mol. The summed E-state index contributed by atoms with van der Waals surface area (Å²) in [4.78, 5) is 45.1. The van der Waals surface area contributed by atoms with Crippen molar-refractivity contribution in [2.75, 3.05) is 24.5 Å². The second-order valence-electron chi connectivity index (χ2n) is 7.68. The van der Waals surface area contributed by atoms with Crippen molar-refractivity contribution in [3.05, 3.63) is 43.4 Å². The monoisotopic (exact) mass is 414 g/mol. The summed E-state index contributed by atoms with van der Waals surface area (Å²) in [5, 5.41) is 10.3. The summed E-state index contributed by atoms with van der Waals surface area (Å²) in [7, 11) is 0. The third kappa shape index (κ3) is 3.46. The van der Waals surface area contributed by atoms with E-state index in [1.54, 1.807) is 6.92 Å². The lowest BCUT2D eigenvalue weighted by molar-refractivity contribution is -0.131. The zero-order valence-corrected chi connectivity index (χ0v) is 17.1. The Kier molecular flexibility index (Phi) is 5.00. The van der Waals surface area contributed by atoms with Crippen LogP contribution in [0, 0.1) is 31.1 Å². The summed E-state index contributed by atoms with van der Waals surface area (Å²) >= 11 is 1.34. The highest BCUT2D eigenvalue weighted by Crippen LogP contribution is 2.38. The van der Waals surface area contributed by atoms with Crippen LogP contribution in [0.25, 0.3) is 0 Å². The normalized spacial score (nSPS) is 20.7. The number of aromatic amines is 2. The van der Waals surface area contributed by atoms with Crippen molar-refractivity contribution in [2.45, 2.75) is 39.2 Å². The van der Waals surface area contributed by atoms with Gasteiger partial charge in [-0.2, -0.15) is 9.64 Å². The van der Waals surface area contributed by atoms with Gasteiger partial charge in [0, 0.05) is 43.2 Å². The number of carbonyl (C=O) groups is 1. The summed E-state index contributed by atoms with van der Waals surface area (Å²) in [6.45, 7) is 5.75. The van der Waals surface area contributed by atoms with Gasteiger partial charge in [0.15, 0.2) is 0 Å². The van der Waals surface area contributed by atoms with Crippen molar-refractivity contribution < 1.29 is 4.79 Å². The van der Waals surface area contributed by atoms with Gasteiger partial charge in [-0.1, -0.05) is 0 Å². The molecule has 4 heterocycles. The van der Waals surface area contributed by atoms with Crippen LogP contribution in [0.15, 0.2) is 9.59 Å². The van der Waals surface area contributed by atoms with E-state index in [0.717, 1.165) is 30.2 Å². The molecule has 2 aliphatic heterocycles. The zero-order chi connectivity index (χ0) is 20.7. The summed E-state index contributed by atoms with van der Waals surface area (Å²) < 4.78 is 4.30. The van der Waals surface area contributed by atoms with Gasteiger partial charge in [0.1, 0.15) is 16.6 Å². The molecule has 9 nitrogen and oxygen atoms in total. The number of fused-ring (bicyclic) bond motifs is 1. The summed E-state index contributed by atoms with van der Waals surface area (Å²) in [5.74, 6) is 0.399. The molecule has 0 spiro atoms. The summed E-state index contributed by atoms with van der Waals surface area (Å²) in [6, 6.07) is 2.36. The van der Waals surface area contributed by atoms with Crippen LogP contribution in [0.5, 0.6) is 0 Å². The molecule has 0 bridgehead atoms. The molecule has 2 fully saturated rings. The lowest BCUT2D eigenvalue weighted by Gasteiger charge is -2.25. The highest BCUT2D eigenvalue weighted by molar-refractivity contribution is 7.10. The van der Waals surface area contributed by atoms with E-state index in [9.17, 15) is 19.6 Å². The van der Waals surface area contributed by atoms with Gasteiger partial charge in [-0.15, -0.1) is 0 Å². The van der Waals surface area contributed by atoms with Crippen LogP contribution in [0.2, 0.25) is 0 Å². The fourth-order valence-electron chi connectivity index (χ4n) is 4.44. The van der Waals surface area contributed by atoms with E-state index in [2.05, 4.69) is 25.3 Å². The van der Waals surface area contributed by atoms with Crippen molar-refractivity contribution in [1.29, 1.82) is 5.26 Å². The van der Waals surface area contributed by atoms with Crippen LogP contribution in [0.1, 0.15) is 35.4 Å². The van der Waals surface area contributed by atoms with Gasteiger partial charge >= 0.3 is 5.69 Å². The second kappa shape index (κ2) is 7.48. The standard InChI is InChI=1S/C19H22N6O3S/c1-10-13(17(27)22-19(28)21-10)3-4-16(26)25-6-5-12-8-24(9-15(12)25)18-14(7-20)11(2)23-29-18/h12,15H,3-6,8-9H2,1-2H3,(H2,21,22,27,28)/t12-,15+/m0/s1. The maximum Gasteiger partial charge on any atom is 0.325 e. The zero-order valence-electron chi connectivity index (χ0n) is 16.3. The topological polar surface area (TPSA) is 126 Å². The number of nitrogens with zero attached hydrogens (tertiary/aromatic N) is 4. The Bertz CT molecular complexity index is 1110. The molecule has 1 amide bonds. The number of nitrogens with one attached hydrogen (secondary N) is 2. The third-order valence-electron chi connectivity index (χ3n) is 5.96. The number of aromatic nitrogens is 3. The largest absolute Gasteiger partial charge is 0.359 e. The number of H-pyrrole nitrogens is 2. The van der Waals surface area contributed by atoms with Crippen LogP contribution in [0.4, 0.5) is 5.00 Å². The molecule has 4 rings (SSSR count). The predicted octanol–water partition coefficient (Wildman–Crippen LogP) is 0.678. The molecule has 0 saturated carbocycles. The molecule has 2 aromatic heterocycles. The fourth-order valence-corrected chi connectivity index (χ4v) is 5.31. The number of carbonyl (C=O) groups excluding carboxylic acids is 1. The van der Waals surface area contributed by atoms with Crippen LogP contribution >= 0.6 is 11.5 Å². The molecule has 152 valence electrons. The van der Waals surface area contributed by atoms with Crippen LogP contribution in [-0.4, -0.2) is 50.8 Å².